The van der Waals surface area contributed by atoms with Crippen molar-refractivity contribution in [2.45, 2.75) is 11.0 Å². The number of nitrogens with zero attached hydrogens (tertiary/aromatic N) is 1. The van der Waals surface area contributed by atoms with Crippen molar-refractivity contribution in [2.75, 3.05) is 30.4 Å². The van der Waals surface area contributed by atoms with Crippen LogP contribution in [-0.4, -0.2) is 41.2 Å². The summed E-state index contributed by atoms with van der Waals surface area (Å²) in [6, 6.07) is 19.8. The molecular weight excluding hydrogens is 432 g/mol. The minimum atomic E-state index is -3.90. The van der Waals surface area contributed by atoms with Crippen molar-refractivity contribution in [3.8, 4) is 17.2 Å². The van der Waals surface area contributed by atoms with Crippen LogP contribution in [0.15, 0.2) is 77.7 Å². The van der Waals surface area contributed by atoms with E-state index in [0.717, 1.165) is 0 Å². The number of para-hydroxylation sites is 2. The minimum Gasteiger partial charge on any atom is -0.497 e. The van der Waals surface area contributed by atoms with Gasteiger partial charge in [-0.15, -0.1) is 0 Å². The first-order valence-corrected chi connectivity index (χ1v) is 11.2. The molecular formula is C23H22N2O6S. The van der Waals surface area contributed by atoms with Crippen molar-refractivity contribution < 1.29 is 27.4 Å². The van der Waals surface area contributed by atoms with Crippen molar-refractivity contribution >= 4 is 27.3 Å². The lowest BCUT2D eigenvalue weighted by Gasteiger charge is -2.34. The predicted molar refractivity (Wildman–Crippen MR) is 120 cm³/mol. The van der Waals surface area contributed by atoms with E-state index in [-0.39, 0.29) is 11.4 Å². The Morgan fingerprint density at radius 3 is 2.44 bits per heavy atom. The van der Waals surface area contributed by atoms with Crippen LogP contribution in [0, 0.1) is 0 Å². The highest BCUT2D eigenvalue weighted by atomic mass is 32.2. The normalized spacial score (nSPS) is 15.3. The van der Waals surface area contributed by atoms with Crippen LogP contribution >= 0.6 is 0 Å². The maximum Gasteiger partial charge on any atom is 0.267 e. The molecule has 0 fully saturated rings. The van der Waals surface area contributed by atoms with Gasteiger partial charge in [0, 0.05) is 6.07 Å². The molecule has 166 valence electrons. The first-order valence-electron chi connectivity index (χ1n) is 9.80. The molecule has 1 heterocycles. The number of ether oxygens (including phenoxy) is 3. The third-order valence-electron chi connectivity index (χ3n) is 5.03. The lowest BCUT2D eigenvalue weighted by atomic mass is 10.2. The number of benzene rings is 3. The van der Waals surface area contributed by atoms with Gasteiger partial charge in [-0.25, -0.2) is 8.42 Å². The Morgan fingerprint density at radius 1 is 1.00 bits per heavy atom. The summed E-state index contributed by atoms with van der Waals surface area (Å²) < 4.78 is 44.3. The van der Waals surface area contributed by atoms with E-state index in [1.54, 1.807) is 60.7 Å². The summed E-state index contributed by atoms with van der Waals surface area (Å²) in [5.41, 5.74) is 0.792. The van der Waals surface area contributed by atoms with Gasteiger partial charge < -0.3 is 19.5 Å². The number of hydrogen-bond donors (Lipinski definition) is 1. The number of rotatable bonds is 6. The molecule has 0 bridgehead atoms. The van der Waals surface area contributed by atoms with E-state index >= 15 is 0 Å². The summed E-state index contributed by atoms with van der Waals surface area (Å²) in [5.74, 6) is 0.779. The van der Waals surface area contributed by atoms with Gasteiger partial charge >= 0.3 is 0 Å². The molecule has 1 atom stereocenters. The maximum atomic E-state index is 13.4. The van der Waals surface area contributed by atoms with Gasteiger partial charge in [-0.05, 0) is 36.4 Å². The molecule has 3 aromatic carbocycles. The Kier molecular flexibility index (Phi) is 5.91. The van der Waals surface area contributed by atoms with E-state index in [4.69, 9.17) is 14.2 Å². The molecule has 3 aromatic rings. The van der Waals surface area contributed by atoms with Gasteiger partial charge in [0.1, 0.15) is 17.2 Å². The average Bonchev–Trinajstić information content (AvgIpc) is 2.84. The van der Waals surface area contributed by atoms with Crippen LogP contribution in [0.25, 0.3) is 0 Å². The second kappa shape index (κ2) is 8.80. The highest BCUT2D eigenvalue weighted by Crippen LogP contribution is 2.37. The lowest BCUT2D eigenvalue weighted by Crippen LogP contribution is -2.48. The molecule has 9 heteroatoms. The quantitative estimate of drug-likeness (QED) is 0.614. The number of fused-ring (bicyclic) bond motifs is 1. The summed E-state index contributed by atoms with van der Waals surface area (Å²) in [4.78, 5) is 13.2. The number of sulfonamides is 1. The van der Waals surface area contributed by atoms with Gasteiger partial charge in [0.25, 0.3) is 15.9 Å². The number of anilines is 2. The Morgan fingerprint density at radius 2 is 1.72 bits per heavy atom. The Bertz CT molecular complexity index is 1230. The van der Waals surface area contributed by atoms with E-state index in [1.165, 1.54) is 30.7 Å². The van der Waals surface area contributed by atoms with Gasteiger partial charge in [0.15, 0.2) is 6.10 Å². The first-order chi connectivity index (χ1) is 15.4. The van der Waals surface area contributed by atoms with E-state index in [9.17, 15) is 13.2 Å². The van der Waals surface area contributed by atoms with Gasteiger partial charge in [0.2, 0.25) is 0 Å². The highest BCUT2D eigenvalue weighted by Gasteiger charge is 2.37. The SMILES string of the molecule is COc1ccc(NC(=O)C2CN(S(=O)(=O)c3ccccc3)c3ccccc3O2)c(OC)c1. The molecule has 1 unspecified atom stereocenters. The Labute approximate surface area is 186 Å². The van der Waals surface area contributed by atoms with Gasteiger partial charge in [0.05, 0.1) is 37.0 Å². The van der Waals surface area contributed by atoms with E-state index in [1.807, 2.05) is 0 Å². The number of amides is 1. The molecule has 0 saturated carbocycles. The van der Waals surface area contributed by atoms with E-state index < -0.39 is 22.0 Å². The van der Waals surface area contributed by atoms with Crippen LogP contribution in [0.1, 0.15) is 0 Å². The number of nitrogens with one attached hydrogen (secondary N) is 1. The summed E-state index contributed by atoms with van der Waals surface area (Å²) in [5, 5.41) is 2.76. The minimum absolute atomic E-state index is 0.132. The average molecular weight is 455 g/mol. The fourth-order valence-electron chi connectivity index (χ4n) is 3.40. The fraction of sp³-hybridized carbons (Fsp3) is 0.174. The fourth-order valence-corrected chi connectivity index (χ4v) is 4.90. The van der Waals surface area contributed by atoms with Crippen molar-refractivity contribution in [1.29, 1.82) is 0 Å². The number of hydrogen-bond acceptors (Lipinski definition) is 6. The van der Waals surface area contributed by atoms with Crippen LogP contribution in [0.2, 0.25) is 0 Å². The topological polar surface area (TPSA) is 94.2 Å². The third kappa shape index (κ3) is 4.06. The second-order valence-corrected chi connectivity index (χ2v) is 8.84. The highest BCUT2D eigenvalue weighted by molar-refractivity contribution is 7.92. The monoisotopic (exact) mass is 454 g/mol. The van der Waals surface area contributed by atoms with Crippen molar-refractivity contribution in [2.24, 2.45) is 0 Å². The zero-order valence-corrected chi connectivity index (χ0v) is 18.3. The number of carbonyl (C=O) groups excluding carboxylic acids is 1. The molecule has 0 aliphatic carbocycles. The van der Waals surface area contributed by atoms with Crippen LogP contribution in [-0.2, 0) is 14.8 Å². The summed E-state index contributed by atoms with van der Waals surface area (Å²) in [6.45, 7) is -0.182. The van der Waals surface area contributed by atoms with Gasteiger partial charge in [-0.2, -0.15) is 0 Å². The molecule has 4 rings (SSSR count). The zero-order valence-electron chi connectivity index (χ0n) is 17.5. The third-order valence-corrected chi connectivity index (χ3v) is 6.82. The molecule has 1 N–H and O–H groups in total. The van der Waals surface area contributed by atoms with Crippen LogP contribution < -0.4 is 23.8 Å². The zero-order chi connectivity index (χ0) is 22.7. The molecule has 1 aliphatic heterocycles. The molecule has 0 saturated heterocycles. The van der Waals surface area contributed by atoms with Crippen molar-refractivity contribution in [1.82, 2.24) is 0 Å². The smallest absolute Gasteiger partial charge is 0.267 e. The molecule has 0 spiro atoms. The maximum absolute atomic E-state index is 13.4. The lowest BCUT2D eigenvalue weighted by molar-refractivity contribution is -0.122. The molecule has 0 radical (unpaired) electrons. The van der Waals surface area contributed by atoms with Crippen LogP contribution in [0.3, 0.4) is 0 Å². The standard InChI is InChI=1S/C23H22N2O6S/c1-29-16-12-13-18(21(14-16)30-2)24-23(26)22-15-25(19-10-6-7-11-20(19)31-22)32(27,28)17-8-4-3-5-9-17/h3-14,22H,15H2,1-2H3,(H,24,26). The predicted octanol–water partition coefficient (Wildman–Crippen LogP) is 3.30. The van der Waals surface area contributed by atoms with Crippen molar-refractivity contribution in [3.63, 3.8) is 0 Å². The van der Waals surface area contributed by atoms with Gasteiger partial charge in [-0.3, -0.25) is 9.10 Å². The molecule has 32 heavy (non-hydrogen) atoms. The van der Waals surface area contributed by atoms with Crippen LogP contribution in [0.5, 0.6) is 17.2 Å². The molecule has 0 aromatic heterocycles. The first kappa shape index (κ1) is 21.5. The van der Waals surface area contributed by atoms with Gasteiger partial charge in [-0.1, -0.05) is 30.3 Å². The van der Waals surface area contributed by atoms with Crippen molar-refractivity contribution in [3.05, 3.63) is 72.8 Å². The molecule has 1 aliphatic rings. The molecule has 1 amide bonds. The van der Waals surface area contributed by atoms with E-state index in [0.29, 0.717) is 28.6 Å². The summed E-state index contributed by atoms with van der Waals surface area (Å²) >= 11 is 0. The van der Waals surface area contributed by atoms with E-state index in [2.05, 4.69) is 5.32 Å². The largest absolute Gasteiger partial charge is 0.497 e. The second-order valence-electron chi connectivity index (χ2n) is 6.98. The number of methoxy groups -OCH3 is 2. The summed E-state index contributed by atoms with van der Waals surface area (Å²) in [7, 11) is -0.896. The van der Waals surface area contributed by atoms with Crippen LogP contribution in [0.4, 0.5) is 11.4 Å². The Balaban J connectivity index is 1.65. The Hall–Kier alpha value is -3.72. The molecule has 8 nitrogen and oxygen atoms in total. The summed E-state index contributed by atoms with van der Waals surface area (Å²) in [6.07, 6.45) is -1.07. The number of carbonyl (C=O) groups is 1.